The van der Waals surface area contributed by atoms with Crippen molar-refractivity contribution in [1.82, 2.24) is 14.7 Å². The standard InChI is InChI=1S/C18H17F3N4O4/c1-9(26)15(16(22)28)24-14(27)5-12-7-25-6-11(10-2-3-29-8-10)4-13(17(25)23-12)18(19,20)21/h2-4,6-9,15,26H,5H2,1H3,(H2,22,28)(H,24,27)/t9?,15-/m0/s1. The van der Waals surface area contributed by atoms with E-state index in [2.05, 4.69) is 10.3 Å². The molecule has 8 nitrogen and oxygen atoms in total. The third-order valence-corrected chi connectivity index (χ3v) is 4.21. The van der Waals surface area contributed by atoms with Crippen LogP contribution in [0, 0.1) is 0 Å². The SMILES string of the molecule is CC(O)[C@H](NC(=O)Cc1cn2cc(-c3ccoc3)cc(C(F)(F)F)c2n1)C(N)=O. The summed E-state index contributed by atoms with van der Waals surface area (Å²) in [4.78, 5) is 27.3. The summed E-state index contributed by atoms with van der Waals surface area (Å²) in [5, 5.41) is 11.7. The average Bonchev–Trinajstić information content (AvgIpc) is 3.26. The molecule has 0 aliphatic rings. The maximum atomic E-state index is 13.5. The fourth-order valence-electron chi connectivity index (χ4n) is 2.85. The maximum Gasteiger partial charge on any atom is 0.420 e. The summed E-state index contributed by atoms with van der Waals surface area (Å²) < 4.78 is 46.7. The van der Waals surface area contributed by atoms with Crippen molar-refractivity contribution >= 4 is 17.5 Å². The number of nitrogens with one attached hydrogen (secondary N) is 1. The predicted molar refractivity (Wildman–Crippen MR) is 94.4 cm³/mol. The number of aliphatic hydroxyl groups is 1. The number of primary amides is 1. The second kappa shape index (κ2) is 7.59. The maximum absolute atomic E-state index is 13.5. The van der Waals surface area contributed by atoms with Gasteiger partial charge in [0.1, 0.15) is 11.7 Å². The van der Waals surface area contributed by atoms with Crippen molar-refractivity contribution in [3.63, 3.8) is 0 Å². The number of pyridine rings is 1. The highest BCUT2D eigenvalue weighted by molar-refractivity contribution is 5.87. The van der Waals surface area contributed by atoms with Crippen molar-refractivity contribution in [2.45, 2.75) is 31.7 Å². The molecule has 0 fully saturated rings. The predicted octanol–water partition coefficient (Wildman–Crippen LogP) is 1.51. The fraction of sp³-hybridized carbons (Fsp3) is 0.278. The monoisotopic (exact) mass is 410 g/mol. The van der Waals surface area contributed by atoms with Gasteiger partial charge in [0.2, 0.25) is 11.8 Å². The molecule has 154 valence electrons. The Morgan fingerprint density at radius 3 is 2.62 bits per heavy atom. The highest BCUT2D eigenvalue weighted by Crippen LogP contribution is 2.35. The second-order valence-corrected chi connectivity index (χ2v) is 6.48. The summed E-state index contributed by atoms with van der Waals surface area (Å²) in [7, 11) is 0. The largest absolute Gasteiger partial charge is 0.472 e. The minimum Gasteiger partial charge on any atom is -0.472 e. The molecule has 3 rings (SSSR count). The fourth-order valence-corrected chi connectivity index (χ4v) is 2.85. The number of furan rings is 1. The lowest BCUT2D eigenvalue weighted by Gasteiger charge is -2.17. The Morgan fingerprint density at radius 2 is 2.07 bits per heavy atom. The van der Waals surface area contributed by atoms with Crippen molar-refractivity contribution in [2.24, 2.45) is 5.73 Å². The van der Waals surface area contributed by atoms with Crippen LogP contribution in [0.15, 0.2) is 41.5 Å². The van der Waals surface area contributed by atoms with E-state index in [-0.39, 0.29) is 16.9 Å². The van der Waals surface area contributed by atoms with Gasteiger partial charge in [0.25, 0.3) is 0 Å². The van der Waals surface area contributed by atoms with E-state index >= 15 is 0 Å². The quantitative estimate of drug-likeness (QED) is 0.569. The van der Waals surface area contributed by atoms with E-state index in [1.807, 2.05) is 0 Å². The number of nitrogens with zero attached hydrogens (tertiary/aromatic N) is 2. The van der Waals surface area contributed by atoms with Crippen molar-refractivity contribution in [3.8, 4) is 11.1 Å². The number of amides is 2. The molecule has 2 amide bonds. The zero-order valence-corrected chi connectivity index (χ0v) is 15.1. The number of hydrogen-bond donors (Lipinski definition) is 3. The molecule has 1 unspecified atom stereocenters. The second-order valence-electron chi connectivity index (χ2n) is 6.48. The van der Waals surface area contributed by atoms with Crippen LogP contribution in [0.1, 0.15) is 18.2 Å². The third-order valence-electron chi connectivity index (χ3n) is 4.21. The number of aliphatic hydroxyl groups excluding tert-OH is 1. The van der Waals surface area contributed by atoms with Crippen LogP contribution in [0.4, 0.5) is 13.2 Å². The number of hydrogen-bond acceptors (Lipinski definition) is 5. The smallest absolute Gasteiger partial charge is 0.420 e. The molecule has 0 saturated carbocycles. The van der Waals surface area contributed by atoms with Gasteiger partial charge in [0.15, 0.2) is 0 Å². The van der Waals surface area contributed by atoms with Gasteiger partial charge in [-0.3, -0.25) is 9.59 Å². The Labute approximate surface area is 162 Å². The molecule has 3 aromatic heterocycles. The van der Waals surface area contributed by atoms with Crippen LogP contribution in [0.5, 0.6) is 0 Å². The van der Waals surface area contributed by atoms with E-state index < -0.39 is 42.1 Å². The topological polar surface area (TPSA) is 123 Å². The van der Waals surface area contributed by atoms with Gasteiger partial charge in [-0.25, -0.2) is 4.98 Å². The van der Waals surface area contributed by atoms with Crippen molar-refractivity contribution in [1.29, 1.82) is 0 Å². The van der Waals surface area contributed by atoms with Crippen molar-refractivity contribution in [3.05, 3.63) is 48.3 Å². The lowest BCUT2D eigenvalue weighted by molar-refractivity contribution is -0.136. The Morgan fingerprint density at radius 1 is 1.34 bits per heavy atom. The number of rotatable bonds is 6. The van der Waals surface area contributed by atoms with E-state index in [4.69, 9.17) is 10.2 Å². The first-order valence-corrected chi connectivity index (χ1v) is 8.44. The summed E-state index contributed by atoms with van der Waals surface area (Å²) in [6.45, 7) is 1.27. The summed E-state index contributed by atoms with van der Waals surface area (Å²) in [6, 6.07) is 1.15. The molecule has 0 aliphatic carbocycles. The molecule has 0 radical (unpaired) electrons. The van der Waals surface area contributed by atoms with Crippen LogP contribution < -0.4 is 11.1 Å². The highest BCUT2D eigenvalue weighted by atomic mass is 19.4. The van der Waals surface area contributed by atoms with Crippen molar-refractivity contribution in [2.75, 3.05) is 0 Å². The van der Waals surface area contributed by atoms with Crippen LogP contribution in [0.2, 0.25) is 0 Å². The summed E-state index contributed by atoms with van der Waals surface area (Å²) in [5.74, 6) is -1.66. The van der Waals surface area contributed by atoms with Crippen LogP contribution >= 0.6 is 0 Å². The van der Waals surface area contributed by atoms with E-state index in [0.717, 1.165) is 6.07 Å². The van der Waals surface area contributed by atoms with E-state index in [9.17, 15) is 27.9 Å². The molecule has 3 heterocycles. The number of fused-ring (bicyclic) bond motifs is 1. The Hall–Kier alpha value is -3.34. The molecular weight excluding hydrogens is 393 g/mol. The van der Waals surface area contributed by atoms with Crippen LogP contribution in [-0.2, 0) is 22.2 Å². The lowest BCUT2D eigenvalue weighted by atomic mass is 10.1. The summed E-state index contributed by atoms with van der Waals surface area (Å²) >= 11 is 0. The first kappa shape index (κ1) is 20.4. The van der Waals surface area contributed by atoms with Gasteiger partial charge in [0, 0.05) is 23.5 Å². The molecule has 0 spiro atoms. The molecule has 2 atom stereocenters. The molecule has 0 saturated heterocycles. The number of alkyl halides is 3. The Bertz CT molecular complexity index is 1040. The normalized spacial score (nSPS) is 14.0. The third kappa shape index (κ3) is 4.40. The molecular formula is C18H17F3N4O4. The lowest BCUT2D eigenvalue weighted by Crippen LogP contribution is -2.51. The van der Waals surface area contributed by atoms with Crippen LogP contribution in [-0.4, -0.2) is 38.5 Å². The summed E-state index contributed by atoms with van der Waals surface area (Å²) in [6.07, 6.45) is -0.931. The summed E-state index contributed by atoms with van der Waals surface area (Å²) in [5.41, 5.74) is 4.53. The Kier molecular flexibility index (Phi) is 5.33. The van der Waals surface area contributed by atoms with Crippen LogP contribution in [0.25, 0.3) is 16.8 Å². The van der Waals surface area contributed by atoms with Gasteiger partial charge < -0.3 is 25.0 Å². The molecule has 29 heavy (non-hydrogen) atoms. The highest BCUT2D eigenvalue weighted by Gasteiger charge is 2.35. The first-order chi connectivity index (χ1) is 13.6. The number of carbonyl (C=O) groups is 2. The van der Waals surface area contributed by atoms with Gasteiger partial charge in [-0.2, -0.15) is 13.2 Å². The van der Waals surface area contributed by atoms with Gasteiger partial charge in [-0.05, 0) is 19.1 Å². The number of aromatic nitrogens is 2. The van der Waals surface area contributed by atoms with Crippen molar-refractivity contribution < 1.29 is 32.3 Å². The minimum atomic E-state index is -4.67. The molecule has 11 heteroatoms. The molecule has 3 aromatic rings. The van der Waals surface area contributed by atoms with Crippen LogP contribution in [0.3, 0.4) is 0 Å². The average molecular weight is 410 g/mol. The van der Waals surface area contributed by atoms with Gasteiger partial charge in [-0.15, -0.1) is 0 Å². The molecule has 0 bridgehead atoms. The van der Waals surface area contributed by atoms with Gasteiger partial charge in [0.05, 0.1) is 36.3 Å². The Balaban J connectivity index is 1.95. The zero-order valence-electron chi connectivity index (χ0n) is 15.1. The van der Waals surface area contributed by atoms with E-state index in [1.54, 1.807) is 0 Å². The van der Waals surface area contributed by atoms with Gasteiger partial charge in [-0.1, -0.05) is 0 Å². The molecule has 0 aliphatic heterocycles. The zero-order chi connectivity index (χ0) is 21.3. The van der Waals surface area contributed by atoms with E-state index in [0.29, 0.717) is 5.56 Å². The first-order valence-electron chi connectivity index (χ1n) is 8.44. The number of imidazole rings is 1. The minimum absolute atomic E-state index is 0.0474. The van der Waals surface area contributed by atoms with E-state index in [1.165, 1.54) is 42.3 Å². The molecule has 0 aromatic carbocycles. The molecule has 4 N–H and O–H groups in total. The number of carbonyl (C=O) groups excluding carboxylic acids is 2. The van der Waals surface area contributed by atoms with Gasteiger partial charge >= 0.3 is 6.18 Å². The number of halogens is 3. The number of nitrogens with two attached hydrogens (primary N) is 1.